The predicted octanol–water partition coefficient (Wildman–Crippen LogP) is 4.13. The maximum Gasteiger partial charge on any atom is 0.304 e. The molecule has 1 rings (SSSR count). The maximum atomic E-state index is 12.1. The number of rotatable bonds is 11. The number of carboxylic acids is 1. The summed E-state index contributed by atoms with van der Waals surface area (Å²) in [4.78, 5) is 68.6. The first-order valence-corrected chi connectivity index (χ1v) is 14.2. The molecular formula is C30H55N3O7. The molecule has 0 spiro atoms. The molecule has 1 fully saturated rings. The first-order chi connectivity index (χ1) is 18.0. The smallest absolute Gasteiger partial charge is 0.304 e. The van der Waals surface area contributed by atoms with Gasteiger partial charge in [0.15, 0.2) is 0 Å². The van der Waals surface area contributed by atoms with Gasteiger partial charge in [0.05, 0.1) is 6.42 Å². The number of carboxylic acid groups (broad SMARTS) is 1. The lowest BCUT2D eigenvalue weighted by Gasteiger charge is -2.24. The topological polar surface area (TPSA) is 164 Å². The molecule has 0 bridgehead atoms. The Morgan fingerprint density at radius 2 is 1.52 bits per heavy atom. The van der Waals surface area contributed by atoms with E-state index in [1.807, 2.05) is 55.4 Å². The van der Waals surface area contributed by atoms with Crippen LogP contribution in [0.3, 0.4) is 0 Å². The number of amides is 3. The zero-order valence-corrected chi connectivity index (χ0v) is 26.7. The summed E-state index contributed by atoms with van der Waals surface area (Å²) in [6.45, 7) is 20.6. The van der Waals surface area contributed by atoms with Gasteiger partial charge in [0.2, 0.25) is 17.7 Å². The molecule has 3 unspecified atom stereocenters. The Bertz CT molecular complexity index is 870. The Balaban J connectivity index is 0. The largest absolute Gasteiger partial charge is 0.481 e. The standard InChI is InChI=1S/C13H25NO2.C9H17NO3.C8H13NO2/c1-10(15)9-11(7-5-6-8-14)12(16)13(2,3)4;1-6(5-7(11)12)8(13)10-9(2,3)4;1-5(2)9-7(10)4-6(3)8(9)11/h11H,5-9,14H2,1-4H3;6H,5H2,1-4H3,(H,10,13)(H,11,12);5-6H,4H2,1-3H3. The molecule has 1 saturated heterocycles. The molecule has 0 aliphatic carbocycles. The molecule has 0 aromatic carbocycles. The molecule has 3 atom stereocenters. The van der Waals surface area contributed by atoms with Crippen molar-refractivity contribution in [3.05, 3.63) is 0 Å². The molecule has 10 nitrogen and oxygen atoms in total. The number of nitrogens with one attached hydrogen (secondary N) is 1. The molecule has 0 aromatic heterocycles. The number of imide groups is 1. The van der Waals surface area contributed by atoms with Crippen molar-refractivity contribution in [2.24, 2.45) is 28.9 Å². The number of ketones is 2. The Labute approximate surface area is 241 Å². The number of likely N-dealkylation sites (tertiary alicyclic amines) is 1. The Hall–Kier alpha value is -2.62. The molecule has 232 valence electrons. The van der Waals surface area contributed by atoms with Crippen LogP contribution in [0.4, 0.5) is 0 Å². The van der Waals surface area contributed by atoms with Gasteiger partial charge in [-0.05, 0) is 60.9 Å². The van der Waals surface area contributed by atoms with Crippen molar-refractivity contribution in [1.82, 2.24) is 10.2 Å². The summed E-state index contributed by atoms with van der Waals surface area (Å²) in [6.07, 6.45) is 3.27. The highest BCUT2D eigenvalue weighted by molar-refractivity contribution is 6.03. The summed E-state index contributed by atoms with van der Waals surface area (Å²) in [6, 6.07) is 0.0138. The predicted molar refractivity (Wildman–Crippen MR) is 156 cm³/mol. The van der Waals surface area contributed by atoms with Crippen molar-refractivity contribution in [2.75, 3.05) is 6.54 Å². The minimum atomic E-state index is -0.948. The van der Waals surface area contributed by atoms with E-state index in [1.165, 1.54) is 4.90 Å². The number of carbonyl (C=O) groups is 6. The van der Waals surface area contributed by atoms with Gasteiger partial charge in [-0.25, -0.2) is 0 Å². The van der Waals surface area contributed by atoms with E-state index < -0.39 is 11.9 Å². The quantitative estimate of drug-likeness (QED) is 0.247. The van der Waals surface area contributed by atoms with Gasteiger partial charge in [-0.15, -0.1) is 0 Å². The van der Waals surface area contributed by atoms with Crippen LogP contribution < -0.4 is 11.1 Å². The van der Waals surface area contributed by atoms with Crippen molar-refractivity contribution in [1.29, 1.82) is 0 Å². The summed E-state index contributed by atoms with van der Waals surface area (Å²) in [7, 11) is 0. The van der Waals surface area contributed by atoms with Crippen LogP contribution in [0.2, 0.25) is 0 Å². The fraction of sp³-hybridized carbons (Fsp3) is 0.800. The fourth-order valence-electron chi connectivity index (χ4n) is 4.02. The molecule has 1 aliphatic heterocycles. The van der Waals surface area contributed by atoms with Crippen LogP contribution in [-0.4, -0.2) is 63.4 Å². The first kappa shape index (κ1) is 39.5. The van der Waals surface area contributed by atoms with E-state index in [4.69, 9.17) is 10.8 Å². The molecule has 3 amide bonds. The summed E-state index contributed by atoms with van der Waals surface area (Å²) < 4.78 is 0. The second-order valence-electron chi connectivity index (χ2n) is 13.0. The Morgan fingerprint density at radius 3 is 1.82 bits per heavy atom. The second-order valence-corrected chi connectivity index (χ2v) is 13.0. The molecule has 0 aromatic rings. The summed E-state index contributed by atoms with van der Waals surface area (Å²) in [5.41, 5.74) is 4.77. The highest BCUT2D eigenvalue weighted by Crippen LogP contribution is 2.26. The van der Waals surface area contributed by atoms with Gasteiger partial charge >= 0.3 is 5.97 Å². The third-order valence-electron chi connectivity index (χ3n) is 6.00. The Kier molecular flexibility index (Phi) is 17.7. The van der Waals surface area contributed by atoms with Crippen LogP contribution in [0, 0.1) is 23.2 Å². The number of nitrogens with zero attached hydrogens (tertiary/aromatic N) is 1. The minimum absolute atomic E-state index is 0.0138. The monoisotopic (exact) mass is 569 g/mol. The van der Waals surface area contributed by atoms with E-state index >= 15 is 0 Å². The molecule has 1 aliphatic rings. The number of hydrogen-bond donors (Lipinski definition) is 3. The lowest BCUT2D eigenvalue weighted by atomic mass is 9.79. The molecule has 10 heteroatoms. The van der Waals surface area contributed by atoms with Crippen LogP contribution in [-0.2, 0) is 28.8 Å². The molecule has 4 N–H and O–H groups in total. The lowest BCUT2D eigenvalue weighted by Crippen LogP contribution is -2.43. The number of unbranched alkanes of at least 4 members (excludes halogenated alkanes) is 1. The second kappa shape index (κ2) is 17.9. The zero-order valence-electron chi connectivity index (χ0n) is 26.7. The highest BCUT2D eigenvalue weighted by Gasteiger charge is 2.36. The minimum Gasteiger partial charge on any atom is -0.481 e. The fourth-order valence-corrected chi connectivity index (χ4v) is 4.02. The third kappa shape index (κ3) is 17.2. The van der Waals surface area contributed by atoms with E-state index in [2.05, 4.69) is 5.32 Å². The number of aliphatic carboxylic acids is 1. The van der Waals surface area contributed by atoms with Crippen LogP contribution in [0.25, 0.3) is 0 Å². The van der Waals surface area contributed by atoms with Crippen molar-refractivity contribution in [3.8, 4) is 0 Å². The van der Waals surface area contributed by atoms with Crippen molar-refractivity contribution in [2.45, 2.75) is 126 Å². The number of hydrogen-bond acceptors (Lipinski definition) is 7. The van der Waals surface area contributed by atoms with Gasteiger partial charge in [0, 0.05) is 47.6 Å². The van der Waals surface area contributed by atoms with E-state index in [0.29, 0.717) is 19.4 Å². The number of Topliss-reactive ketones (excluding diaryl/α,β-unsaturated/α-hetero) is 2. The van der Waals surface area contributed by atoms with Crippen LogP contribution in [0.5, 0.6) is 0 Å². The average molecular weight is 570 g/mol. The number of carbonyl (C=O) groups excluding carboxylic acids is 5. The molecule has 0 radical (unpaired) electrons. The van der Waals surface area contributed by atoms with Crippen molar-refractivity contribution in [3.63, 3.8) is 0 Å². The van der Waals surface area contributed by atoms with E-state index in [1.54, 1.807) is 20.8 Å². The van der Waals surface area contributed by atoms with Gasteiger partial charge in [-0.3, -0.25) is 28.9 Å². The van der Waals surface area contributed by atoms with Crippen molar-refractivity contribution >= 4 is 35.3 Å². The summed E-state index contributed by atoms with van der Waals surface area (Å²) >= 11 is 0. The SMILES string of the molecule is CC(=O)CC(CCCCN)C(=O)C(C)(C)C.CC(CC(=O)O)C(=O)NC(C)(C)C.CC1CC(=O)N(C(C)C)C1=O. The molecular weight excluding hydrogens is 514 g/mol. The van der Waals surface area contributed by atoms with Gasteiger partial charge in [0.1, 0.15) is 11.6 Å². The van der Waals surface area contributed by atoms with Crippen molar-refractivity contribution < 1.29 is 33.9 Å². The van der Waals surface area contributed by atoms with Gasteiger partial charge in [-0.2, -0.15) is 0 Å². The van der Waals surface area contributed by atoms with Crippen LogP contribution in [0.15, 0.2) is 0 Å². The Morgan fingerprint density at radius 1 is 1.00 bits per heavy atom. The molecule has 40 heavy (non-hydrogen) atoms. The first-order valence-electron chi connectivity index (χ1n) is 14.2. The van der Waals surface area contributed by atoms with Crippen LogP contribution in [0.1, 0.15) is 115 Å². The lowest BCUT2D eigenvalue weighted by molar-refractivity contribution is -0.141. The van der Waals surface area contributed by atoms with Gasteiger partial charge in [0.25, 0.3) is 0 Å². The normalized spacial score (nSPS) is 16.8. The molecule has 0 saturated carbocycles. The summed E-state index contributed by atoms with van der Waals surface area (Å²) in [5, 5.41) is 11.2. The van der Waals surface area contributed by atoms with E-state index in [9.17, 15) is 28.8 Å². The third-order valence-corrected chi connectivity index (χ3v) is 6.00. The van der Waals surface area contributed by atoms with Crippen LogP contribution >= 0.6 is 0 Å². The van der Waals surface area contributed by atoms with Gasteiger partial charge in [-0.1, -0.05) is 41.0 Å². The average Bonchev–Trinajstić information content (AvgIpc) is 3.02. The number of nitrogens with two attached hydrogens (primary N) is 1. The molecule has 1 heterocycles. The highest BCUT2D eigenvalue weighted by atomic mass is 16.4. The zero-order chi connectivity index (χ0) is 32.0. The maximum absolute atomic E-state index is 12.1. The van der Waals surface area contributed by atoms with Gasteiger partial charge < -0.3 is 21.0 Å². The summed E-state index contributed by atoms with van der Waals surface area (Å²) in [5.74, 6) is -1.63. The van der Waals surface area contributed by atoms with E-state index in [0.717, 1.165) is 19.3 Å². The van der Waals surface area contributed by atoms with E-state index in [-0.39, 0.29) is 64.5 Å².